The predicted octanol–water partition coefficient (Wildman–Crippen LogP) is -0.270. The van der Waals surface area contributed by atoms with Gasteiger partial charge in [0.05, 0.1) is 6.54 Å². The number of carbonyl (C=O) groups excluding carboxylic acids is 1. The van der Waals surface area contributed by atoms with E-state index in [9.17, 15) is 13.6 Å². The smallest absolute Gasteiger partial charge is 0.287 e. The Balaban J connectivity index is 2.28. The first-order valence-electron chi connectivity index (χ1n) is 5.02. The van der Waals surface area contributed by atoms with Gasteiger partial charge in [-0.25, -0.2) is 8.78 Å². The molecule has 0 saturated carbocycles. The summed E-state index contributed by atoms with van der Waals surface area (Å²) in [6, 6.07) is 0. The number of halogens is 2. The first-order valence-corrected chi connectivity index (χ1v) is 5.02. The fourth-order valence-electron chi connectivity index (χ4n) is 1.50. The Labute approximate surface area is 87.0 Å². The van der Waals surface area contributed by atoms with Crippen molar-refractivity contribution in [2.45, 2.75) is 18.8 Å². The monoisotopic (exact) mass is 222 g/mol. The third-order valence-electron chi connectivity index (χ3n) is 2.46. The standard InChI is InChI=1S/C9H16F2N2O2/c10-9(11,6-14)5-13-8(15)7-1-3-12-4-2-7/h7,12,14H,1-6H2,(H,13,15). The number of piperidine rings is 1. The number of aliphatic hydroxyl groups is 1. The second-order valence-corrected chi connectivity index (χ2v) is 3.76. The van der Waals surface area contributed by atoms with E-state index in [1.165, 1.54) is 0 Å². The van der Waals surface area contributed by atoms with Crippen LogP contribution in [0.2, 0.25) is 0 Å². The highest BCUT2D eigenvalue weighted by Gasteiger charge is 2.30. The molecule has 1 saturated heterocycles. The van der Waals surface area contributed by atoms with Crippen molar-refractivity contribution in [1.29, 1.82) is 0 Å². The molecule has 0 spiro atoms. The van der Waals surface area contributed by atoms with E-state index >= 15 is 0 Å². The molecular weight excluding hydrogens is 206 g/mol. The first kappa shape index (κ1) is 12.3. The van der Waals surface area contributed by atoms with Gasteiger partial charge in [-0.2, -0.15) is 0 Å². The van der Waals surface area contributed by atoms with E-state index in [1.807, 2.05) is 0 Å². The summed E-state index contributed by atoms with van der Waals surface area (Å²) in [5.41, 5.74) is 0. The van der Waals surface area contributed by atoms with Gasteiger partial charge < -0.3 is 15.7 Å². The first-order chi connectivity index (χ1) is 7.05. The van der Waals surface area contributed by atoms with E-state index in [4.69, 9.17) is 5.11 Å². The number of hydrogen-bond acceptors (Lipinski definition) is 3. The summed E-state index contributed by atoms with van der Waals surface area (Å²) in [5.74, 6) is -3.74. The van der Waals surface area contributed by atoms with E-state index in [1.54, 1.807) is 0 Å². The van der Waals surface area contributed by atoms with Crippen molar-refractivity contribution in [2.75, 3.05) is 26.2 Å². The predicted molar refractivity (Wildman–Crippen MR) is 50.6 cm³/mol. The highest BCUT2D eigenvalue weighted by Crippen LogP contribution is 2.13. The Morgan fingerprint density at radius 1 is 1.47 bits per heavy atom. The number of nitrogens with one attached hydrogen (secondary N) is 2. The third kappa shape index (κ3) is 4.09. The lowest BCUT2D eigenvalue weighted by molar-refractivity contribution is -0.128. The lowest BCUT2D eigenvalue weighted by atomic mass is 9.97. The minimum atomic E-state index is -3.22. The maximum Gasteiger partial charge on any atom is 0.287 e. The second-order valence-electron chi connectivity index (χ2n) is 3.76. The van der Waals surface area contributed by atoms with Gasteiger partial charge in [-0.05, 0) is 25.9 Å². The van der Waals surface area contributed by atoms with Gasteiger partial charge in [0.15, 0.2) is 0 Å². The van der Waals surface area contributed by atoms with Crippen molar-refractivity contribution >= 4 is 5.91 Å². The summed E-state index contributed by atoms with van der Waals surface area (Å²) in [7, 11) is 0. The Kier molecular flexibility index (Phi) is 4.41. The molecule has 1 heterocycles. The Hall–Kier alpha value is -0.750. The van der Waals surface area contributed by atoms with Gasteiger partial charge in [-0.3, -0.25) is 4.79 Å². The van der Waals surface area contributed by atoms with E-state index in [-0.39, 0.29) is 11.8 Å². The van der Waals surface area contributed by atoms with Gasteiger partial charge in [0.1, 0.15) is 6.61 Å². The zero-order chi connectivity index (χ0) is 11.3. The summed E-state index contributed by atoms with van der Waals surface area (Å²) < 4.78 is 25.2. The molecule has 6 heteroatoms. The largest absolute Gasteiger partial charge is 0.390 e. The second kappa shape index (κ2) is 5.37. The molecule has 15 heavy (non-hydrogen) atoms. The van der Waals surface area contributed by atoms with Gasteiger partial charge in [0.25, 0.3) is 5.92 Å². The van der Waals surface area contributed by atoms with Gasteiger partial charge in [0.2, 0.25) is 5.91 Å². The van der Waals surface area contributed by atoms with Crippen LogP contribution in [0.5, 0.6) is 0 Å². The number of hydrogen-bond donors (Lipinski definition) is 3. The van der Waals surface area contributed by atoms with E-state index in [0.29, 0.717) is 12.8 Å². The molecule has 0 aromatic rings. The quantitative estimate of drug-likeness (QED) is 0.613. The van der Waals surface area contributed by atoms with Gasteiger partial charge in [0, 0.05) is 5.92 Å². The van der Waals surface area contributed by atoms with Crippen LogP contribution in [0.25, 0.3) is 0 Å². The topological polar surface area (TPSA) is 61.4 Å². The van der Waals surface area contributed by atoms with Gasteiger partial charge >= 0.3 is 0 Å². The van der Waals surface area contributed by atoms with Crippen molar-refractivity contribution < 1.29 is 18.7 Å². The molecule has 1 rings (SSSR count). The minimum Gasteiger partial charge on any atom is -0.390 e. The minimum absolute atomic E-state index is 0.180. The highest BCUT2D eigenvalue weighted by atomic mass is 19.3. The SMILES string of the molecule is O=C(NCC(F)(F)CO)C1CCNCC1. The molecule has 0 bridgehead atoms. The molecule has 1 amide bonds. The van der Waals surface area contributed by atoms with Crippen LogP contribution in [0.3, 0.4) is 0 Å². The fourth-order valence-corrected chi connectivity index (χ4v) is 1.50. The molecule has 0 unspecified atom stereocenters. The van der Waals surface area contributed by atoms with Crippen molar-refractivity contribution in [3.63, 3.8) is 0 Å². The maximum atomic E-state index is 12.6. The van der Waals surface area contributed by atoms with Crippen molar-refractivity contribution in [3.05, 3.63) is 0 Å². The fraction of sp³-hybridized carbons (Fsp3) is 0.889. The van der Waals surface area contributed by atoms with Crippen LogP contribution in [0.4, 0.5) is 8.78 Å². The van der Waals surface area contributed by atoms with Crippen LogP contribution in [-0.2, 0) is 4.79 Å². The molecule has 1 aliphatic heterocycles. The van der Waals surface area contributed by atoms with E-state index in [2.05, 4.69) is 10.6 Å². The molecule has 1 fully saturated rings. The molecule has 0 atom stereocenters. The Bertz CT molecular complexity index is 218. The normalized spacial score (nSPS) is 18.9. The summed E-state index contributed by atoms with van der Waals surface area (Å²) in [6.45, 7) is -0.533. The number of rotatable bonds is 4. The third-order valence-corrected chi connectivity index (χ3v) is 2.46. The lowest BCUT2D eigenvalue weighted by Gasteiger charge is -2.23. The number of alkyl halides is 2. The maximum absolute atomic E-state index is 12.6. The molecule has 0 aromatic carbocycles. The average Bonchev–Trinajstić information content (AvgIpc) is 2.27. The highest BCUT2D eigenvalue weighted by molar-refractivity contribution is 5.78. The van der Waals surface area contributed by atoms with E-state index in [0.717, 1.165) is 13.1 Å². The Morgan fingerprint density at radius 3 is 2.60 bits per heavy atom. The molecule has 0 aliphatic carbocycles. The van der Waals surface area contributed by atoms with Crippen LogP contribution in [0, 0.1) is 5.92 Å². The lowest BCUT2D eigenvalue weighted by Crippen LogP contribution is -2.44. The summed E-state index contributed by atoms with van der Waals surface area (Å²) in [5, 5.41) is 13.6. The average molecular weight is 222 g/mol. The molecule has 4 nitrogen and oxygen atoms in total. The van der Waals surface area contributed by atoms with Crippen LogP contribution < -0.4 is 10.6 Å². The van der Waals surface area contributed by atoms with Crippen LogP contribution in [0.1, 0.15) is 12.8 Å². The summed E-state index contributed by atoms with van der Waals surface area (Å²) in [4.78, 5) is 11.4. The number of aliphatic hydroxyl groups excluding tert-OH is 1. The number of carbonyl (C=O) groups is 1. The molecular formula is C9H16F2N2O2. The molecule has 1 aliphatic rings. The zero-order valence-electron chi connectivity index (χ0n) is 8.43. The Morgan fingerprint density at radius 2 is 2.07 bits per heavy atom. The summed E-state index contributed by atoms with van der Waals surface area (Å²) >= 11 is 0. The molecule has 0 aromatic heterocycles. The van der Waals surface area contributed by atoms with Gasteiger partial charge in [-0.1, -0.05) is 0 Å². The van der Waals surface area contributed by atoms with Crippen LogP contribution in [0.15, 0.2) is 0 Å². The zero-order valence-corrected chi connectivity index (χ0v) is 8.43. The van der Waals surface area contributed by atoms with Crippen molar-refractivity contribution in [1.82, 2.24) is 10.6 Å². The van der Waals surface area contributed by atoms with Crippen LogP contribution >= 0.6 is 0 Å². The summed E-state index contributed by atoms with van der Waals surface area (Å²) in [6.07, 6.45) is 1.35. The van der Waals surface area contributed by atoms with Gasteiger partial charge in [-0.15, -0.1) is 0 Å². The van der Waals surface area contributed by atoms with Crippen LogP contribution in [-0.4, -0.2) is 43.2 Å². The molecule has 3 N–H and O–H groups in total. The van der Waals surface area contributed by atoms with E-state index < -0.39 is 19.1 Å². The molecule has 88 valence electrons. The van der Waals surface area contributed by atoms with Crippen molar-refractivity contribution in [2.24, 2.45) is 5.92 Å². The number of amides is 1. The molecule has 0 radical (unpaired) electrons. The van der Waals surface area contributed by atoms with Crippen molar-refractivity contribution in [3.8, 4) is 0 Å².